The molecule has 6 aromatic carbocycles. The highest BCUT2D eigenvalue weighted by atomic mass is 15.0. The molecule has 3 heterocycles. The number of benzene rings is 6. The molecular weight excluding hydrogens is 683 g/mol. The maximum Gasteiger partial charge on any atom is 0.164 e. The highest BCUT2D eigenvalue weighted by Crippen LogP contribution is 2.38. The fourth-order valence-corrected chi connectivity index (χ4v) is 8.71. The molecule has 0 saturated heterocycles. The molecule has 0 N–H and O–H groups in total. The van der Waals surface area contributed by atoms with Crippen LogP contribution in [-0.4, -0.2) is 24.1 Å². The Morgan fingerprint density at radius 1 is 0.446 bits per heavy atom. The van der Waals surface area contributed by atoms with Crippen molar-refractivity contribution in [2.24, 2.45) is 0 Å². The summed E-state index contributed by atoms with van der Waals surface area (Å²) in [4.78, 5) is 15.8. The molecule has 0 unspecified atom stereocenters. The van der Waals surface area contributed by atoms with Gasteiger partial charge in [-0.1, -0.05) is 133 Å². The molecule has 266 valence electrons. The summed E-state index contributed by atoms with van der Waals surface area (Å²) in [6.07, 6.45) is 13.1. The molecule has 0 fully saturated rings. The molecule has 0 amide bonds. The Bertz CT molecular complexity index is 3030. The third-order valence-electron chi connectivity index (χ3n) is 11.3. The summed E-state index contributed by atoms with van der Waals surface area (Å²) in [7, 11) is 0. The Hall–Kier alpha value is -7.11. The topological polar surface area (TPSA) is 48.5 Å². The van der Waals surface area contributed by atoms with Gasteiger partial charge >= 0.3 is 0 Å². The minimum absolute atomic E-state index is 0.656. The molecule has 0 atom stereocenters. The standard InChI is InChI=1S/C51H37N5/c1-2-15-34(16-3-1)35-17-12-18-36(31-35)49-52-50(37-19-13-21-39(32-37)55-45-27-8-4-23-41(45)42-24-5-9-28-46(42)55)54-51(53-49)38-20-14-22-40(33-38)56-47-29-10-6-25-43(47)44-26-7-11-30-48(44)56/h1-10,12-13,15-19,21-29,31-33H,11,14,20,30H2. The molecule has 0 bridgehead atoms. The Kier molecular flexibility index (Phi) is 7.69. The van der Waals surface area contributed by atoms with Crippen molar-refractivity contribution in [2.75, 3.05) is 0 Å². The number of nitrogens with zero attached hydrogens (tertiary/aromatic N) is 5. The summed E-state index contributed by atoms with van der Waals surface area (Å²) in [6, 6.07) is 53.7. The molecule has 11 rings (SSSR count). The van der Waals surface area contributed by atoms with Crippen LogP contribution in [0, 0.1) is 0 Å². The van der Waals surface area contributed by atoms with Crippen LogP contribution >= 0.6 is 0 Å². The second-order valence-corrected chi connectivity index (χ2v) is 14.7. The highest BCUT2D eigenvalue weighted by Gasteiger charge is 2.22. The molecule has 9 aromatic rings. The van der Waals surface area contributed by atoms with E-state index >= 15 is 0 Å². The van der Waals surface area contributed by atoms with Gasteiger partial charge in [-0.3, -0.25) is 0 Å². The maximum absolute atomic E-state index is 5.30. The van der Waals surface area contributed by atoms with Crippen molar-refractivity contribution < 1.29 is 0 Å². The second-order valence-electron chi connectivity index (χ2n) is 14.7. The lowest BCUT2D eigenvalue weighted by molar-refractivity contribution is 0.891. The van der Waals surface area contributed by atoms with Crippen molar-refractivity contribution in [2.45, 2.75) is 25.7 Å². The number of aromatic nitrogens is 5. The van der Waals surface area contributed by atoms with Gasteiger partial charge in [-0.05, 0) is 84.9 Å². The van der Waals surface area contributed by atoms with E-state index in [2.05, 4.69) is 185 Å². The quantitative estimate of drug-likeness (QED) is 0.172. The van der Waals surface area contributed by atoms with E-state index in [-0.39, 0.29) is 0 Å². The van der Waals surface area contributed by atoms with Crippen LogP contribution in [0.1, 0.15) is 36.3 Å². The number of allylic oxidation sites excluding steroid dienone is 5. The van der Waals surface area contributed by atoms with Gasteiger partial charge in [-0.2, -0.15) is 0 Å². The lowest BCUT2D eigenvalue weighted by atomic mass is 10.00. The van der Waals surface area contributed by atoms with Gasteiger partial charge in [0.25, 0.3) is 0 Å². The number of para-hydroxylation sites is 3. The van der Waals surface area contributed by atoms with Gasteiger partial charge in [0.05, 0.1) is 16.6 Å². The number of rotatable bonds is 6. The first kappa shape index (κ1) is 32.3. The van der Waals surface area contributed by atoms with Crippen LogP contribution < -0.4 is 0 Å². The first-order valence-corrected chi connectivity index (χ1v) is 19.5. The van der Waals surface area contributed by atoms with Crippen molar-refractivity contribution in [3.05, 3.63) is 187 Å². The summed E-state index contributed by atoms with van der Waals surface area (Å²) in [6.45, 7) is 0. The van der Waals surface area contributed by atoms with E-state index in [1.165, 1.54) is 49.7 Å². The van der Waals surface area contributed by atoms with Crippen LogP contribution in [0.4, 0.5) is 0 Å². The van der Waals surface area contributed by atoms with Gasteiger partial charge in [0, 0.05) is 49.9 Å². The van der Waals surface area contributed by atoms with Crippen LogP contribution in [0.2, 0.25) is 0 Å². The second kappa shape index (κ2) is 13.3. The fraction of sp³-hybridized carbons (Fsp3) is 0.0784. The monoisotopic (exact) mass is 719 g/mol. The number of fused-ring (bicyclic) bond motifs is 6. The lowest BCUT2D eigenvalue weighted by Crippen LogP contribution is -2.08. The Morgan fingerprint density at radius 3 is 1.79 bits per heavy atom. The van der Waals surface area contributed by atoms with Crippen molar-refractivity contribution in [1.29, 1.82) is 0 Å². The van der Waals surface area contributed by atoms with Crippen molar-refractivity contribution in [3.63, 3.8) is 0 Å². The molecular formula is C51H37N5. The molecule has 5 heteroatoms. The minimum Gasteiger partial charge on any atom is -0.313 e. The van der Waals surface area contributed by atoms with Crippen molar-refractivity contribution in [3.8, 4) is 39.6 Å². The summed E-state index contributed by atoms with van der Waals surface area (Å²) in [5.41, 5.74) is 13.8. The average Bonchev–Trinajstić information content (AvgIpc) is 3.80. The van der Waals surface area contributed by atoms with E-state index in [0.29, 0.717) is 17.5 Å². The molecule has 2 aliphatic carbocycles. The Balaban J connectivity index is 1.08. The SMILES string of the molecule is C1=Cc2c(n(C3=CCCC(c4nc(-c5cccc(-c6ccccc6)c5)nc(-c5cccc(-n6c7ccccc7c7ccccc76)c5)n4)=C3)c3ccccc23)CC1. The maximum atomic E-state index is 5.30. The molecule has 0 saturated carbocycles. The predicted molar refractivity (Wildman–Crippen MR) is 231 cm³/mol. The van der Waals surface area contributed by atoms with Gasteiger partial charge < -0.3 is 9.13 Å². The molecule has 0 aliphatic heterocycles. The fourth-order valence-electron chi connectivity index (χ4n) is 8.71. The van der Waals surface area contributed by atoms with E-state index in [1.54, 1.807) is 0 Å². The largest absolute Gasteiger partial charge is 0.313 e. The van der Waals surface area contributed by atoms with E-state index in [0.717, 1.165) is 59.2 Å². The first-order chi connectivity index (χ1) is 27.8. The summed E-state index contributed by atoms with van der Waals surface area (Å²) >= 11 is 0. The minimum atomic E-state index is 0.656. The van der Waals surface area contributed by atoms with Crippen LogP contribution in [0.15, 0.2) is 170 Å². The number of hydrogen-bond donors (Lipinski definition) is 0. The van der Waals surface area contributed by atoms with Crippen LogP contribution in [0.5, 0.6) is 0 Å². The van der Waals surface area contributed by atoms with Gasteiger partial charge in [-0.15, -0.1) is 0 Å². The number of hydrogen-bond acceptors (Lipinski definition) is 3. The Labute approximate surface area is 325 Å². The van der Waals surface area contributed by atoms with Gasteiger partial charge in [0.2, 0.25) is 0 Å². The van der Waals surface area contributed by atoms with E-state index in [1.807, 2.05) is 0 Å². The molecule has 56 heavy (non-hydrogen) atoms. The summed E-state index contributed by atoms with van der Waals surface area (Å²) < 4.78 is 4.81. The van der Waals surface area contributed by atoms with Crippen LogP contribution in [0.3, 0.4) is 0 Å². The predicted octanol–water partition coefficient (Wildman–Crippen LogP) is 12.6. The molecule has 5 nitrogen and oxygen atoms in total. The first-order valence-electron chi connectivity index (χ1n) is 19.5. The normalized spacial score (nSPS) is 13.9. The van der Waals surface area contributed by atoms with Gasteiger partial charge in [0.1, 0.15) is 0 Å². The van der Waals surface area contributed by atoms with Crippen LogP contribution in [0.25, 0.3) is 89.6 Å². The van der Waals surface area contributed by atoms with Gasteiger partial charge in [0.15, 0.2) is 17.5 Å². The molecule has 0 spiro atoms. The summed E-state index contributed by atoms with van der Waals surface area (Å²) in [5.74, 6) is 2.04. The van der Waals surface area contributed by atoms with Crippen molar-refractivity contribution >= 4 is 50.1 Å². The van der Waals surface area contributed by atoms with E-state index in [9.17, 15) is 0 Å². The zero-order chi connectivity index (χ0) is 37.0. The van der Waals surface area contributed by atoms with Crippen molar-refractivity contribution in [1.82, 2.24) is 24.1 Å². The highest BCUT2D eigenvalue weighted by molar-refractivity contribution is 6.09. The summed E-state index contributed by atoms with van der Waals surface area (Å²) in [5, 5.41) is 3.76. The van der Waals surface area contributed by atoms with E-state index < -0.39 is 0 Å². The zero-order valence-corrected chi connectivity index (χ0v) is 30.8. The Morgan fingerprint density at radius 2 is 1.04 bits per heavy atom. The smallest absolute Gasteiger partial charge is 0.164 e. The molecule has 3 aromatic heterocycles. The zero-order valence-electron chi connectivity index (χ0n) is 30.8. The van der Waals surface area contributed by atoms with Crippen LogP contribution in [-0.2, 0) is 6.42 Å². The van der Waals surface area contributed by atoms with Gasteiger partial charge in [-0.25, -0.2) is 15.0 Å². The molecule has 0 radical (unpaired) electrons. The third kappa shape index (κ3) is 5.43. The van der Waals surface area contributed by atoms with E-state index in [4.69, 9.17) is 15.0 Å². The third-order valence-corrected chi connectivity index (χ3v) is 11.3. The average molecular weight is 720 g/mol. The molecule has 2 aliphatic rings. The lowest BCUT2D eigenvalue weighted by Gasteiger charge is -2.19.